The molecule has 138 valence electrons. The first-order valence-corrected chi connectivity index (χ1v) is 9.41. The van der Waals surface area contributed by atoms with E-state index in [-0.39, 0.29) is 11.4 Å². The summed E-state index contributed by atoms with van der Waals surface area (Å²) in [5.74, 6) is -0.900. The summed E-state index contributed by atoms with van der Waals surface area (Å²) in [5.41, 5.74) is 3.55. The minimum atomic E-state index is -0.477. The molecule has 0 aromatic heterocycles. The molecule has 1 heterocycles. The number of nitrogens with one attached hydrogen (secondary N) is 1. The second-order valence-electron chi connectivity index (χ2n) is 6.17. The lowest BCUT2D eigenvalue weighted by atomic mass is 10.1. The number of nitrogens with zero attached hydrogens (tertiary/aromatic N) is 1. The van der Waals surface area contributed by atoms with Gasteiger partial charge in [0, 0.05) is 10.7 Å². The fraction of sp³-hybridized carbons (Fsp3) is 0.150. The average molecular weight is 401 g/mol. The highest BCUT2D eigenvalue weighted by Crippen LogP contribution is 2.32. The van der Waals surface area contributed by atoms with Crippen molar-refractivity contribution < 1.29 is 14.4 Å². The van der Waals surface area contributed by atoms with Gasteiger partial charge in [-0.05, 0) is 72.6 Å². The third-order valence-electron chi connectivity index (χ3n) is 4.13. The van der Waals surface area contributed by atoms with Crippen LogP contribution in [0.5, 0.6) is 0 Å². The standard InChI is InChI=1S/C20H17ClN2O3S/c1-12-3-8-16(9-13(12)2)22-18(24)11-23-19(25)17(27-20(23)26)10-14-4-6-15(21)7-5-14/h3-10H,11H2,1-2H3,(H,22,24). The van der Waals surface area contributed by atoms with Crippen molar-refractivity contribution in [1.82, 2.24) is 4.90 Å². The molecule has 2 aromatic carbocycles. The number of halogens is 1. The first-order chi connectivity index (χ1) is 12.8. The number of thioether (sulfide) groups is 1. The largest absolute Gasteiger partial charge is 0.325 e. The maximum absolute atomic E-state index is 12.5. The molecule has 0 aliphatic carbocycles. The van der Waals surface area contributed by atoms with Crippen molar-refractivity contribution >= 4 is 52.2 Å². The number of carbonyl (C=O) groups excluding carboxylic acids is 3. The van der Waals surface area contributed by atoms with Crippen LogP contribution >= 0.6 is 23.4 Å². The summed E-state index contributed by atoms with van der Waals surface area (Å²) in [6.07, 6.45) is 1.61. The highest BCUT2D eigenvalue weighted by atomic mass is 35.5. The maximum Gasteiger partial charge on any atom is 0.294 e. The van der Waals surface area contributed by atoms with Crippen molar-refractivity contribution in [3.63, 3.8) is 0 Å². The van der Waals surface area contributed by atoms with Crippen LogP contribution in [-0.2, 0) is 9.59 Å². The smallest absolute Gasteiger partial charge is 0.294 e. The molecule has 1 aliphatic rings. The van der Waals surface area contributed by atoms with Crippen molar-refractivity contribution in [3.8, 4) is 0 Å². The van der Waals surface area contributed by atoms with Gasteiger partial charge in [0.2, 0.25) is 5.91 Å². The number of benzene rings is 2. The second kappa shape index (κ2) is 7.98. The third-order valence-corrected chi connectivity index (χ3v) is 5.29. The molecule has 0 unspecified atom stereocenters. The van der Waals surface area contributed by atoms with E-state index in [1.807, 2.05) is 26.0 Å². The van der Waals surface area contributed by atoms with Crippen LogP contribution in [0.25, 0.3) is 6.08 Å². The lowest BCUT2D eigenvalue weighted by Gasteiger charge is -2.13. The lowest BCUT2D eigenvalue weighted by Crippen LogP contribution is -2.36. The number of hydrogen-bond acceptors (Lipinski definition) is 4. The molecule has 0 spiro atoms. The quantitative estimate of drug-likeness (QED) is 0.759. The third kappa shape index (κ3) is 4.59. The van der Waals surface area contributed by atoms with Gasteiger partial charge in [-0.3, -0.25) is 19.3 Å². The molecule has 3 amide bonds. The molecule has 0 radical (unpaired) electrons. The van der Waals surface area contributed by atoms with E-state index in [4.69, 9.17) is 11.6 Å². The van der Waals surface area contributed by atoms with Gasteiger partial charge in [0.1, 0.15) is 6.54 Å². The molecule has 1 N–H and O–H groups in total. The highest BCUT2D eigenvalue weighted by Gasteiger charge is 2.36. The monoisotopic (exact) mass is 400 g/mol. The lowest BCUT2D eigenvalue weighted by molar-refractivity contribution is -0.127. The Kier molecular flexibility index (Phi) is 5.68. The van der Waals surface area contributed by atoms with E-state index in [1.54, 1.807) is 36.4 Å². The van der Waals surface area contributed by atoms with Crippen molar-refractivity contribution in [3.05, 3.63) is 69.1 Å². The van der Waals surface area contributed by atoms with Gasteiger partial charge in [0.15, 0.2) is 0 Å². The Morgan fingerprint density at radius 3 is 2.48 bits per heavy atom. The number of carbonyl (C=O) groups is 3. The first kappa shape index (κ1) is 19.2. The number of imide groups is 1. The topological polar surface area (TPSA) is 66.5 Å². The van der Waals surface area contributed by atoms with Crippen LogP contribution in [0.15, 0.2) is 47.4 Å². The van der Waals surface area contributed by atoms with E-state index in [0.717, 1.165) is 33.4 Å². The summed E-state index contributed by atoms with van der Waals surface area (Å²) < 4.78 is 0. The van der Waals surface area contributed by atoms with Crippen LogP contribution in [0.4, 0.5) is 10.5 Å². The SMILES string of the molecule is Cc1ccc(NC(=O)CN2C(=O)SC(=Cc3ccc(Cl)cc3)C2=O)cc1C. The molecule has 2 aromatic rings. The minimum absolute atomic E-state index is 0.279. The Labute approximate surface area is 166 Å². The molecule has 7 heteroatoms. The molecule has 5 nitrogen and oxygen atoms in total. The van der Waals surface area contributed by atoms with Crippen LogP contribution in [0.3, 0.4) is 0 Å². The Hall–Kier alpha value is -2.57. The molecule has 0 saturated carbocycles. The van der Waals surface area contributed by atoms with E-state index < -0.39 is 17.1 Å². The van der Waals surface area contributed by atoms with E-state index in [2.05, 4.69) is 5.32 Å². The van der Waals surface area contributed by atoms with Gasteiger partial charge in [-0.25, -0.2) is 0 Å². The number of aryl methyl sites for hydroxylation is 2. The van der Waals surface area contributed by atoms with Crippen LogP contribution in [0.1, 0.15) is 16.7 Å². The average Bonchev–Trinajstić information content (AvgIpc) is 2.87. The van der Waals surface area contributed by atoms with E-state index in [9.17, 15) is 14.4 Å². The molecular formula is C20H17ClN2O3S. The molecule has 1 fully saturated rings. The van der Waals surface area contributed by atoms with Gasteiger partial charge < -0.3 is 5.32 Å². The van der Waals surface area contributed by atoms with Gasteiger partial charge in [0.25, 0.3) is 11.1 Å². The van der Waals surface area contributed by atoms with E-state index >= 15 is 0 Å². The Morgan fingerprint density at radius 2 is 1.81 bits per heavy atom. The molecule has 0 bridgehead atoms. The zero-order valence-corrected chi connectivity index (χ0v) is 16.4. The molecule has 3 rings (SSSR count). The Balaban J connectivity index is 1.68. The van der Waals surface area contributed by atoms with Gasteiger partial charge >= 0.3 is 0 Å². The number of amides is 3. The van der Waals surface area contributed by atoms with E-state index in [0.29, 0.717) is 10.7 Å². The summed E-state index contributed by atoms with van der Waals surface area (Å²) >= 11 is 6.66. The van der Waals surface area contributed by atoms with Crippen molar-refractivity contribution in [2.75, 3.05) is 11.9 Å². The summed E-state index contributed by atoms with van der Waals surface area (Å²) in [4.78, 5) is 38.1. The van der Waals surface area contributed by atoms with Gasteiger partial charge in [-0.1, -0.05) is 29.8 Å². The molecule has 1 saturated heterocycles. The number of rotatable bonds is 4. The highest BCUT2D eigenvalue weighted by molar-refractivity contribution is 8.18. The predicted molar refractivity (Wildman–Crippen MR) is 109 cm³/mol. The van der Waals surface area contributed by atoms with Crippen LogP contribution in [0.2, 0.25) is 5.02 Å². The van der Waals surface area contributed by atoms with Crippen molar-refractivity contribution in [2.45, 2.75) is 13.8 Å². The predicted octanol–water partition coefficient (Wildman–Crippen LogP) is 4.63. The second-order valence-corrected chi connectivity index (χ2v) is 7.60. The normalized spacial score (nSPS) is 15.5. The first-order valence-electron chi connectivity index (χ1n) is 8.21. The zero-order chi connectivity index (χ0) is 19.6. The molecule has 27 heavy (non-hydrogen) atoms. The van der Waals surface area contributed by atoms with Crippen LogP contribution in [-0.4, -0.2) is 28.5 Å². The Morgan fingerprint density at radius 1 is 1.11 bits per heavy atom. The fourth-order valence-electron chi connectivity index (χ4n) is 2.51. The minimum Gasteiger partial charge on any atom is -0.325 e. The molecule has 1 aliphatic heterocycles. The summed E-state index contributed by atoms with van der Waals surface area (Å²) in [6.45, 7) is 3.60. The zero-order valence-electron chi connectivity index (χ0n) is 14.8. The van der Waals surface area contributed by atoms with Gasteiger partial charge in [-0.15, -0.1) is 0 Å². The molecule has 0 atom stereocenters. The molecular weight excluding hydrogens is 384 g/mol. The van der Waals surface area contributed by atoms with Crippen LogP contribution < -0.4 is 5.32 Å². The number of anilines is 1. The van der Waals surface area contributed by atoms with E-state index in [1.165, 1.54) is 0 Å². The van der Waals surface area contributed by atoms with Gasteiger partial charge in [0.05, 0.1) is 4.91 Å². The Bertz CT molecular complexity index is 954. The van der Waals surface area contributed by atoms with Crippen molar-refractivity contribution in [1.29, 1.82) is 0 Å². The maximum atomic E-state index is 12.5. The summed E-state index contributed by atoms with van der Waals surface area (Å²) in [5, 5.41) is 2.84. The van der Waals surface area contributed by atoms with Crippen molar-refractivity contribution in [2.24, 2.45) is 0 Å². The summed E-state index contributed by atoms with van der Waals surface area (Å²) in [7, 11) is 0. The van der Waals surface area contributed by atoms with Crippen LogP contribution in [0, 0.1) is 13.8 Å². The summed E-state index contributed by atoms with van der Waals surface area (Å²) in [6, 6.07) is 12.4. The number of hydrogen-bond donors (Lipinski definition) is 1. The fourth-order valence-corrected chi connectivity index (χ4v) is 3.47. The van der Waals surface area contributed by atoms with Gasteiger partial charge in [-0.2, -0.15) is 0 Å².